The van der Waals surface area contributed by atoms with Crippen molar-refractivity contribution in [2.45, 2.75) is 32.9 Å². The number of halogens is 3. The largest absolute Gasteiger partial charge is 0.478 e. The van der Waals surface area contributed by atoms with E-state index in [-0.39, 0.29) is 37.3 Å². The number of aryl methyl sites for hydroxylation is 2. The lowest BCUT2D eigenvalue weighted by Crippen LogP contribution is -2.40. The van der Waals surface area contributed by atoms with Crippen LogP contribution in [0.15, 0.2) is 6.07 Å². The minimum Gasteiger partial charge on any atom is -0.478 e. The Bertz CT molecular complexity index is 550. The number of hydrogen-bond acceptors (Lipinski definition) is 3. The summed E-state index contributed by atoms with van der Waals surface area (Å²) in [5, 5.41) is 9.30. The van der Waals surface area contributed by atoms with Crippen LogP contribution in [0.25, 0.3) is 0 Å². The topological polar surface area (TPSA) is 53.4 Å². The molecule has 7 heteroatoms. The van der Waals surface area contributed by atoms with E-state index in [0.29, 0.717) is 11.3 Å². The Labute approximate surface area is 120 Å². The highest BCUT2D eigenvalue weighted by atomic mass is 19.4. The second-order valence-electron chi connectivity index (χ2n) is 5.39. The van der Waals surface area contributed by atoms with E-state index in [1.54, 1.807) is 24.8 Å². The molecule has 1 aliphatic rings. The van der Waals surface area contributed by atoms with Gasteiger partial charge < -0.3 is 10.0 Å². The first-order chi connectivity index (χ1) is 9.70. The lowest BCUT2D eigenvalue weighted by molar-refractivity contribution is -0.179. The Morgan fingerprint density at radius 1 is 1.33 bits per heavy atom. The number of carbonyl (C=O) groups is 1. The minimum absolute atomic E-state index is 0.0305. The summed E-state index contributed by atoms with van der Waals surface area (Å²) in [5.41, 5.74) is 1.31. The van der Waals surface area contributed by atoms with Gasteiger partial charge in [-0.25, -0.2) is 9.78 Å². The van der Waals surface area contributed by atoms with Crippen LogP contribution in [-0.4, -0.2) is 35.3 Å². The van der Waals surface area contributed by atoms with Crippen molar-refractivity contribution < 1.29 is 23.1 Å². The molecule has 1 fully saturated rings. The number of aromatic carboxylic acids is 1. The van der Waals surface area contributed by atoms with E-state index in [9.17, 15) is 23.1 Å². The first-order valence-electron chi connectivity index (χ1n) is 6.73. The van der Waals surface area contributed by atoms with Crippen molar-refractivity contribution in [1.82, 2.24) is 4.98 Å². The summed E-state index contributed by atoms with van der Waals surface area (Å²) in [6, 6.07) is 1.66. The molecule has 2 heterocycles. The summed E-state index contributed by atoms with van der Waals surface area (Å²) in [5.74, 6) is -2.14. The summed E-state index contributed by atoms with van der Waals surface area (Å²) in [7, 11) is 0. The van der Waals surface area contributed by atoms with Gasteiger partial charge in [0.25, 0.3) is 0 Å². The molecule has 0 bridgehead atoms. The number of pyridine rings is 1. The zero-order valence-electron chi connectivity index (χ0n) is 11.9. The van der Waals surface area contributed by atoms with Crippen LogP contribution in [-0.2, 0) is 0 Å². The highest BCUT2D eigenvalue weighted by molar-refractivity contribution is 5.95. The Morgan fingerprint density at radius 3 is 2.38 bits per heavy atom. The van der Waals surface area contributed by atoms with Crippen LogP contribution in [0.5, 0.6) is 0 Å². The monoisotopic (exact) mass is 302 g/mol. The maximum Gasteiger partial charge on any atom is 0.391 e. The second-order valence-corrected chi connectivity index (χ2v) is 5.39. The van der Waals surface area contributed by atoms with Crippen molar-refractivity contribution in [3.8, 4) is 0 Å². The van der Waals surface area contributed by atoms with Crippen LogP contribution >= 0.6 is 0 Å². The van der Waals surface area contributed by atoms with Gasteiger partial charge in [-0.3, -0.25) is 0 Å². The Morgan fingerprint density at radius 2 is 1.90 bits per heavy atom. The van der Waals surface area contributed by atoms with Crippen molar-refractivity contribution in [3.05, 3.63) is 22.9 Å². The van der Waals surface area contributed by atoms with Gasteiger partial charge in [-0.2, -0.15) is 13.2 Å². The molecule has 0 spiro atoms. The van der Waals surface area contributed by atoms with Gasteiger partial charge in [-0.15, -0.1) is 0 Å². The fraction of sp³-hybridized carbons (Fsp3) is 0.571. The van der Waals surface area contributed by atoms with E-state index in [0.717, 1.165) is 0 Å². The molecule has 0 aromatic carbocycles. The number of carboxylic acid groups (broad SMARTS) is 1. The Kier molecular flexibility index (Phi) is 4.11. The first-order valence-corrected chi connectivity index (χ1v) is 6.73. The first kappa shape index (κ1) is 15.6. The molecule has 0 amide bonds. The van der Waals surface area contributed by atoms with E-state index < -0.39 is 18.1 Å². The van der Waals surface area contributed by atoms with Crippen LogP contribution in [0.1, 0.15) is 34.5 Å². The maximum absolute atomic E-state index is 12.7. The van der Waals surface area contributed by atoms with Gasteiger partial charge in [0.05, 0.1) is 5.92 Å². The number of aromatic nitrogens is 1. The van der Waals surface area contributed by atoms with E-state index in [4.69, 9.17) is 0 Å². The zero-order chi connectivity index (χ0) is 15.8. The Hall–Kier alpha value is -1.79. The summed E-state index contributed by atoms with van der Waals surface area (Å²) in [4.78, 5) is 17.2. The van der Waals surface area contributed by atoms with Crippen LogP contribution in [0.3, 0.4) is 0 Å². The molecule has 0 unspecified atom stereocenters. The third-order valence-electron chi connectivity index (χ3n) is 3.80. The lowest BCUT2D eigenvalue weighted by atomic mass is 9.95. The molecule has 0 radical (unpaired) electrons. The number of carboxylic acids is 1. The smallest absolute Gasteiger partial charge is 0.391 e. The lowest BCUT2D eigenvalue weighted by Gasteiger charge is -2.34. The summed E-state index contributed by atoms with van der Waals surface area (Å²) < 4.78 is 38.0. The summed E-state index contributed by atoms with van der Waals surface area (Å²) in [6.07, 6.45) is -4.24. The number of anilines is 1. The van der Waals surface area contributed by atoms with Gasteiger partial charge in [-0.1, -0.05) is 0 Å². The fourth-order valence-corrected chi connectivity index (χ4v) is 2.73. The number of alkyl halides is 3. The van der Waals surface area contributed by atoms with Crippen molar-refractivity contribution >= 4 is 11.8 Å². The molecule has 116 valence electrons. The molecule has 0 atom stereocenters. The number of piperidine rings is 1. The minimum atomic E-state index is -4.18. The van der Waals surface area contributed by atoms with Gasteiger partial charge in [-0.05, 0) is 38.3 Å². The molecule has 1 aliphatic heterocycles. The van der Waals surface area contributed by atoms with Crippen molar-refractivity contribution in [3.63, 3.8) is 0 Å². The standard InChI is InChI=1S/C14H17F3N2O2/c1-8-7-9(2)18-12(11(8)13(20)21)19-5-3-10(4-6-19)14(15,16)17/h7,10H,3-6H2,1-2H3,(H,20,21). The van der Waals surface area contributed by atoms with Gasteiger partial charge in [0, 0.05) is 18.8 Å². The quantitative estimate of drug-likeness (QED) is 0.911. The third kappa shape index (κ3) is 3.28. The van der Waals surface area contributed by atoms with Crippen molar-refractivity contribution in [1.29, 1.82) is 0 Å². The normalized spacial score (nSPS) is 17.1. The average molecular weight is 302 g/mol. The van der Waals surface area contributed by atoms with E-state index in [1.165, 1.54) is 0 Å². The summed E-state index contributed by atoms with van der Waals surface area (Å²) in [6.45, 7) is 3.75. The Balaban J connectivity index is 2.26. The van der Waals surface area contributed by atoms with Crippen LogP contribution < -0.4 is 4.90 Å². The molecule has 1 aromatic heterocycles. The van der Waals surface area contributed by atoms with Crippen LogP contribution in [0.2, 0.25) is 0 Å². The average Bonchev–Trinajstić information content (AvgIpc) is 2.36. The van der Waals surface area contributed by atoms with Gasteiger partial charge in [0.15, 0.2) is 0 Å². The highest BCUT2D eigenvalue weighted by Gasteiger charge is 2.41. The maximum atomic E-state index is 12.7. The van der Waals surface area contributed by atoms with E-state index in [2.05, 4.69) is 4.98 Å². The van der Waals surface area contributed by atoms with Crippen LogP contribution in [0, 0.1) is 19.8 Å². The molecular weight excluding hydrogens is 285 g/mol. The predicted molar refractivity (Wildman–Crippen MR) is 71.7 cm³/mol. The molecule has 1 N–H and O–H groups in total. The van der Waals surface area contributed by atoms with Gasteiger partial charge in [0.1, 0.15) is 11.4 Å². The number of nitrogens with zero attached hydrogens (tertiary/aromatic N) is 2. The van der Waals surface area contributed by atoms with Gasteiger partial charge in [0.2, 0.25) is 0 Å². The molecule has 2 rings (SSSR count). The van der Waals surface area contributed by atoms with Gasteiger partial charge >= 0.3 is 12.1 Å². The molecule has 1 aromatic rings. The van der Waals surface area contributed by atoms with Crippen molar-refractivity contribution in [2.75, 3.05) is 18.0 Å². The number of rotatable bonds is 2. The predicted octanol–water partition coefficient (Wildman–Crippen LogP) is 3.18. The molecular formula is C14H17F3N2O2. The number of hydrogen-bond donors (Lipinski definition) is 1. The van der Waals surface area contributed by atoms with Crippen molar-refractivity contribution in [2.24, 2.45) is 5.92 Å². The van der Waals surface area contributed by atoms with E-state index >= 15 is 0 Å². The zero-order valence-corrected chi connectivity index (χ0v) is 11.9. The molecule has 0 aliphatic carbocycles. The molecule has 4 nitrogen and oxygen atoms in total. The fourth-order valence-electron chi connectivity index (χ4n) is 2.73. The van der Waals surface area contributed by atoms with E-state index in [1.807, 2.05) is 0 Å². The SMILES string of the molecule is Cc1cc(C)c(C(=O)O)c(N2CCC(C(F)(F)F)CC2)n1. The third-order valence-corrected chi connectivity index (χ3v) is 3.80. The second kappa shape index (κ2) is 5.54. The molecule has 21 heavy (non-hydrogen) atoms. The summed E-state index contributed by atoms with van der Waals surface area (Å²) >= 11 is 0. The van der Waals surface area contributed by atoms with Crippen LogP contribution in [0.4, 0.5) is 19.0 Å². The molecule has 1 saturated heterocycles. The highest BCUT2D eigenvalue weighted by Crippen LogP contribution is 2.36. The molecule has 0 saturated carbocycles.